The molecule has 9 N–H and O–H groups in total. The fourth-order valence-electron chi connectivity index (χ4n) is 12.7. The van der Waals surface area contributed by atoms with Crippen molar-refractivity contribution in [2.24, 2.45) is 47.3 Å². The summed E-state index contributed by atoms with van der Waals surface area (Å²) in [4.78, 5) is 0. The van der Waals surface area contributed by atoms with E-state index in [0.717, 1.165) is 25.7 Å². The number of fused-ring (bicyclic) bond motifs is 20. The van der Waals surface area contributed by atoms with Gasteiger partial charge in [-0.3, -0.25) is 47.1 Å². The van der Waals surface area contributed by atoms with Crippen molar-refractivity contribution < 1.29 is 38.5 Å². The third kappa shape index (κ3) is 6.51. The summed E-state index contributed by atoms with van der Waals surface area (Å²) < 4.78 is 62.6. The minimum Gasteiger partial charge on any atom is -0.286 e. The Balaban J connectivity index is 0.00000348. The van der Waals surface area contributed by atoms with Gasteiger partial charge in [0.05, 0.1) is 54.6 Å². The normalized spacial score (nSPS) is 52.7. The van der Waals surface area contributed by atoms with Crippen LogP contribution in [0.4, 0.5) is 0 Å². The predicted octanol–water partition coefficient (Wildman–Crippen LogP) is 1.02. The molecule has 1 radical (unpaired) electrons. The third-order valence-corrected chi connectivity index (χ3v) is 18.1. The van der Waals surface area contributed by atoms with Crippen molar-refractivity contribution >= 4 is 29.9 Å². The predicted molar refractivity (Wildman–Crippen MR) is 182 cm³/mol. The van der Waals surface area contributed by atoms with E-state index in [1.54, 1.807) is 0 Å². The average molecular weight is 795 g/mol. The largest absolute Gasteiger partial charge is 0.286 e. The van der Waals surface area contributed by atoms with E-state index in [4.69, 9.17) is 10.7 Å². The SMILES string of the molecule is O=S(=O)(O)C1C2C3NC4NC(NC5NC(NC6NC(NC(N3)C2CCC1S(=O)(=O)Cl)C1CCCCC61)C1CCCCC51)C1CCCCC41.[Cu]. The number of rotatable bonds is 2. The first-order valence-electron chi connectivity index (χ1n) is 19.0. The molecule has 18 atom stereocenters. The molecule has 0 amide bonds. The first kappa shape index (κ1) is 36.3. The van der Waals surface area contributed by atoms with Crippen LogP contribution in [0, 0.1) is 47.3 Å². The van der Waals surface area contributed by atoms with Crippen LogP contribution >= 0.6 is 10.7 Å². The van der Waals surface area contributed by atoms with E-state index in [-0.39, 0.29) is 72.6 Å². The maximum Gasteiger partial charge on any atom is 0.269 e. The summed E-state index contributed by atoms with van der Waals surface area (Å²) in [7, 11) is -3.07. The van der Waals surface area contributed by atoms with Gasteiger partial charge in [-0.2, -0.15) is 8.42 Å². The minimum atomic E-state index is -4.75. The van der Waals surface area contributed by atoms with Crippen LogP contribution in [-0.2, 0) is 36.2 Å². The summed E-state index contributed by atoms with van der Waals surface area (Å²) >= 11 is 0. The van der Waals surface area contributed by atoms with Crippen LogP contribution in [0.2, 0.25) is 0 Å². The Bertz CT molecular complexity index is 1450. The molecule has 49 heavy (non-hydrogen) atoms. The Morgan fingerprint density at radius 1 is 0.429 bits per heavy atom. The second-order valence-corrected chi connectivity index (χ2v) is 21.2. The number of hydrogen-bond donors (Lipinski definition) is 9. The van der Waals surface area contributed by atoms with Gasteiger partial charge in [0.15, 0.2) is 0 Å². The summed E-state index contributed by atoms with van der Waals surface area (Å²) in [6, 6.07) is 0. The topological polar surface area (TPSA) is 185 Å². The molecule has 13 nitrogen and oxygen atoms in total. The van der Waals surface area contributed by atoms with E-state index < -0.39 is 41.8 Å². The molecular weight excluding hydrogens is 740 g/mol. The van der Waals surface area contributed by atoms with Crippen molar-refractivity contribution in [1.29, 1.82) is 0 Å². The third-order valence-electron chi connectivity index (χ3n) is 14.6. The van der Waals surface area contributed by atoms with E-state index in [2.05, 4.69) is 42.5 Å². The van der Waals surface area contributed by atoms with E-state index in [9.17, 15) is 21.4 Å². The van der Waals surface area contributed by atoms with E-state index in [0.29, 0.717) is 41.9 Å². The average Bonchev–Trinajstić information content (AvgIpc) is 3.79. The molecule has 9 fully saturated rings. The zero-order valence-corrected chi connectivity index (χ0v) is 31.2. The Hall–Kier alpha value is 0.349. The van der Waals surface area contributed by atoms with Gasteiger partial charge in [-0.05, 0) is 92.8 Å². The van der Waals surface area contributed by atoms with Crippen LogP contribution in [0.1, 0.15) is 89.9 Å². The van der Waals surface area contributed by atoms with Crippen molar-refractivity contribution in [2.45, 2.75) is 150 Å². The Kier molecular flexibility index (Phi) is 10.3. The van der Waals surface area contributed by atoms with Gasteiger partial charge in [0, 0.05) is 33.7 Å². The first-order chi connectivity index (χ1) is 23.0. The number of hydrogen-bond acceptors (Lipinski definition) is 12. The summed E-state index contributed by atoms with van der Waals surface area (Å²) in [5.74, 6) is 1.93. The maximum absolute atomic E-state index is 13.2. The van der Waals surface area contributed by atoms with Gasteiger partial charge in [-0.15, -0.1) is 0 Å². The Morgan fingerprint density at radius 2 is 0.714 bits per heavy atom. The van der Waals surface area contributed by atoms with Gasteiger partial charge in [-0.1, -0.05) is 38.5 Å². The molecule has 18 unspecified atom stereocenters. The van der Waals surface area contributed by atoms with Gasteiger partial charge in [0.2, 0.25) is 9.05 Å². The Labute approximate surface area is 306 Å². The molecule has 8 bridgehead atoms. The van der Waals surface area contributed by atoms with Crippen LogP contribution in [0.15, 0.2) is 0 Å². The second-order valence-electron chi connectivity index (χ2n) is 16.8. The summed E-state index contributed by atoms with van der Waals surface area (Å²) in [5, 5.41) is 28.8. The molecule has 4 aliphatic carbocycles. The molecule has 5 saturated heterocycles. The van der Waals surface area contributed by atoms with Crippen molar-refractivity contribution in [3.8, 4) is 0 Å². The summed E-state index contributed by atoms with van der Waals surface area (Å²) in [6.45, 7) is 0. The monoisotopic (exact) mass is 793 g/mol. The molecule has 283 valence electrons. The summed E-state index contributed by atoms with van der Waals surface area (Å²) in [5.41, 5.74) is 0. The molecule has 5 heterocycles. The fraction of sp³-hybridized carbons (Fsp3) is 1.00. The molecule has 17 heteroatoms. The molecule has 5 aliphatic heterocycles. The van der Waals surface area contributed by atoms with Crippen LogP contribution in [0.3, 0.4) is 0 Å². The molecule has 4 saturated carbocycles. The van der Waals surface area contributed by atoms with Gasteiger partial charge >= 0.3 is 0 Å². The van der Waals surface area contributed by atoms with Gasteiger partial charge in [0.25, 0.3) is 10.1 Å². The molecule has 0 aromatic rings. The van der Waals surface area contributed by atoms with Crippen LogP contribution in [-0.4, -0.2) is 81.2 Å². The molecule has 9 aliphatic rings. The van der Waals surface area contributed by atoms with Gasteiger partial charge < -0.3 is 0 Å². The molecule has 0 aromatic heterocycles. The first-order valence-corrected chi connectivity index (χ1v) is 22.9. The molecule has 0 aromatic carbocycles. The van der Waals surface area contributed by atoms with E-state index in [1.165, 1.54) is 51.4 Å². The quantitative estimate of drug-likeness (QED) is 0.110. The van der Waals surface area contributed by atoms with Crippen molar-refractivity contribution in [3.63, 3.8) is 0 Å². The smallest absolute Gasteiger partial charge is 0.269 e. The molecule has 0 spiro atoms. The number of halogens is 1. The standard InChI is InChI=1S/C32H55ClN8O5S2.Cu/c33-47(42,43)22-14-13-21-23(24(22)48(44,45)46)32-40-30-20-12-6-5-11-19(20)28(38-30)36-26-16-8-2-1-7-15(16)25(34-26)35-27-17-9-3-4-10-18(17)29(37-27)39-31(21)41-32;/h15-32,34-41H,1-14H2,(H,44,45,46);. The zero-order valence-electron chi connectivity index (χ0n) is 27.9. The van der Waals surface area contributed by atoms with Crippen molar-refractivity contribution in [2.75, 3.05) is 0 Å². The van der Waals surface area contributed by atoms with Crippen molar-refractivity contribution in [1.82, 2.24) is 42.5 Å². The Morgan fingerprint density at radius 3 is 1.00 bits per heavy atom. The van der Waals surface area contributed by atoms with E-state index in [1.807, 2.05) is 0 Å². The van der Waals surface area contributed by atoms with E-state index >= 15 is 0 Å². The van der Waals surface area contributed by atoms with Gasteiger partial charge in [-0.25, -0.2) is 8.42 Å². The molecule has 9 rings (SSSR count). The zero-order chi connectivity index (χ0) is 32.9. The number of nitrogens with one attached hydrogen (secondary N) is 8. The molecular formula is C32H55ClCuN8O5S2. The fourth-order valence-corrected chi connectivity index (χ4v) is 16.5. The van der Waals surface area contributed by atoms with Crippen LogP contribution < -0.4 is 42.5 Å². The van der Waals surface area contributed by atoms with Crippen LogP contribution in [0.25, 0.3) is 0 Å². The van der Waals surface area contributed by atoms with Crippen molar-refractivity contribution in [3.05, 3.63) is 0 Å². The van der Waals surface area contributed by atoms with Gasteiger partial charge in [0.1, 0.15) is 5.25 Å². The van der Waals surface area contributed by atoms with Crippen LogP contribution in [0.5, 0.6) is 0 Å². The maximum atomic E-state index is 13.2. The second kappa shape index (κ2) is 13.9. The summed E-state index contributed by atoms with van der Waals surface area (Å²) in [6.07, 6.45) is 14.7. The minimum absolute atomic E-state index is 0.